The van der Waals surface area contributed by atoms with Gasteiger partial charge in [0.1, 0.15) is 0 Å². The van der Waals surface area contributed by atoms with Crippen molar-refractivity contribution in [2.24, 2.45) is 0 Å². The molecule has 0 atom stereocenters. The highest BCUT2D eigenvalue weighted by atomic mass is 15.1. The number of pyridine rings is 1. The summed E-state index contributed by atoms with van der Waals surface area (Å²) in [5, 5.41) is 3.46. The Kier molecular flexibility index (Phi) is 5.20. The standard InChI is InChI=1S/C18H25N3/c1-5-21(6-2)17-10-8-16(9-11-17)13-19-18-12-7-14(3)20-15(18)4/h7-12,19H,5-6,13H2,1-4H3. The summed E-state index contributed by atoms with van der Waals surface area (Å²) in [5.74, 6) is 0. The van der Waals surface area contributed by atoms with Crippen molar-refractivity contribution in [3.63, 3.8) is 0 Å². The maximum absolute atomic E-state index is 4.48. The number of benzene rings is 1. The summed E-state index contributed by atoms with van der Waals surface area (Å²) in [6.07, 6.45) is 0. The Morgan fingerprint density at radius 1 is 0.952 bits per heavy atom. The summed E-state index contributed by atoms with van der Waals surface area (Å²) < 4.78 is 0. The first-order valence-electron chi connectivity index (χ1n) is 7.66. The van der Waals surface area contributed by atoms with Crippen LogP contribution in [-0.2, 0) is 6.54 Å². The van der Waals surface area contributed by atoms with E-state index in [2.05, 4.69) is 59.4 Å². The first kappa shape index (κ1) is 15.4. The predicted octanol–water partition coefficient (Wildman–Crippen LogP) is 4.16. The molecular formula is C18H25N3. The fourth-order valence-corrected chi connectivity index (χ4v) is 2.48. The van der Waals surface area contributed by atoms with Gasteiger partial charge in [-0.05, 0) is 57.5 Å². The van der Waals surface area contributed by atoms with Crippen molar-refractivity contribution in [3.8, 4) is 0 Å². The topological polar surface area (TPSA) is 28.2 Å². The highest BCUT2D eigenvalue weighted by molar-refractivity contribution is 5.50. The number of hydrogen-bond donors (Lipinski definition) is 1. The normalized spacial score (nSPS) is 10.5. The van der Waals surface area contributed by atoms with E-state index in [1.54, 1.807) is 0 Å². The molecule has 1 aromatic heterocycles. The molecule has 2 rings (SSSR count). The van der Waals surface area contributed by atoms with Crippen molar-refractivity contribution >= 4 is 11.4 Å². The van der Waals surface area contributed by atoms with Gasteiger partial charge in [0, 0.05) is 31.0 Å². The molecule has 0 saturated carbocycles. The molecule has 1 aromatic carbocycles. The van der Waals surface area contributed by atoms with Gasteiger partial charge in [0.05, 0.1) is 11.4 Å². The van der Waals surface area contributed by atoms with Crippen LogP contribution in [-0.4, -0.2) is 18.1 Å². The SMILES string of the molecule is CCN(CC)c1ccc(CNc2ccc(C)nc2C)cc1. The van der Waals surface area contributed by atoms with E-state index in [1.807, 2.05) is 19.9 Å². The Bertz CT molecular complexity index is 572. The summed E-state index contributed by atoms with van der Waals surface area (Å²) in [5.41, 5.74) is 5.78. The van der Waals surface area contributed by atoms with Gasteiger partial charge in [-0.3, -0.25) is 4.98 Å². The highest BCUT2D eigenvalue weighted by Gasteiger charge is 2.02. The summed E-state index contributed by atoms with van der Waals surface area (Å²) in [7, 11) is 0. The first-order chi connectivity index (χ1) is 10.1. The Morgan fingerprint density at radius 2 is 1.62 bits per heavy atom. The summed E-state index contributed by atoms with van der Waals surface area (Å²) >= 11 is 0. The molecule has 21 heavy (non-hydrogen) atoms. The van der Waals surface area contributed by atoms with Gasteiger partial charge in [-0.25, -0.2) is 0 Å². The molecule has 112 valence electrons. The molecule has 1 N–H and O–H groups in total. The number of anilines is 2. The van der Waals surface area contributed by atoms with E-state index in [-0.39, 0.29) is 0 Å². The lowest BCUT2D eigenvalue weighted by molar-refractivity contribution is 0.865. The third-order valence-corrected chi connectivity index (χ3v) is 3.77. The second-order valence-electron chi connectivity index (χ2n) is 5.28. The average molecular weight is 283 g/mol. The van der Waals surface area contributed by atoms with Crippen LogP contribution in [0.5, 0.6) is 0 Å². The molecule has 0 aliphatic carbocycles. The van der Waals surface area contributed by atoms with Crippen molar-refractivity contribution in [2.75, 3.05) is 23.3 Å². The van der Waals surface area contributed by atoms with Crippen LogP contribution in [0.15, 0.2) is 36.4 Å². The second-order valence-corrected chi connectivity index (χ2v) is 5.28. The van der Waals surface area contributed by atoms with E-state index >= 15 is 0 Å². The van der Waals surface area contributed by atoms with Gasteiger partial charge in [0.25, 0.3) is 0 Å². The van der Waals surface area contributed by atoms with Gasteiger partial charge in [0.15, 0.2) is 0 Å². The van der Waals surface area contributed by atoms with Crippen molar-refractivity contribution in [2.45, 2.75) is 34.2 Å². The van der Waals surface area contributed by atoms with Gasteiger partial charge in [-0.2, -0.15) is 0 Å². The molecule has 0 fully saturated rings. The minimum absolute atomic E-state index is 0.824. The zero-order valence-electron chi connectivity index (χ0n) is 13.5. The molecule has 0 unspecified atom stereocenters. The van der Waals surface area contributed by atoms with E-state index in [0.717, 1.165) is 36.7 Å². The number of rotatable bonds is 6. The largest absolute Gasteiger partial charge is 0.380 e. The second kappa shape index (κ2) is 7.11. The van der Waals surface area contributed by atoms with Crippen LogP contribution >= 0.6 is 0 Å². The number of hydrogen-bond acceptors (Lipinski definition) is 3. The Balaban J connectivity index is 2.00. The van der Waals surface area contributed by atoms with Crippen LogP contribution in [0.2, 0.25) is 0 Å². The minimum Gasteiger partial charge on any atom is -0.380 e. The van der Waals surface area contributed by atoms with Crippen molar-refractivity contribution in [1.82, 2.24) is 4.98 Å². The maximum atomic E-state index is 4.48. The molecule has 0 spiro atoms. The third-order valence-electron chi connectivity index (χ3n) is 3.77. The van der Waals surface area contributed by atoms with E-state index in [0.29, 0.717) is 0 Å². The van der Waals surface area contributed by atoms with Crippen LogP contribution in [0.25, 0.3) is 0 Å². The number of nitrogens with zero attached hydrogens (tertiary/aromatic N) is 2. The Morgan fingerprint density at radius 3 is 2.19 bits per heavy atom. The highest BCUT2D eigenvalue weighted by Crippen LogP contribution is 2.17. The molecule has 1 heterocycles. The van der Waals surface area contributed by atoms with Gasteiger partial charge < -0.3 is 10.2 Å². The first-order valence-corrected chi connectivity index (χ1v) is 7.66. The molecule has 0 amide bonds. The van der Waals surface area contributed by atoms with Gasteiger partial charge in [-0.15, -0.1) is 0 Å². The van der Waals surface area contributed by atoms with Crippen LogP contribution in [0.4, 0.5) is 11.4 Å². The quantitative estimate of drug-likeness (QED) is 0.863. The van der Waals surface area contributed by atoms with Crippen molar-refractivity contribution in [1.29, 1.82) is 0 Å². The predicted molar refractivity (Wildman–Crippen MR) is 91.0 cm³/mol. The number of aromatic nitrogens is 1. The van der Waals surface area contributed by atoms with Gasteiger partial charge in [0.2, 0.25) is 0 Å². The number of aryl methyl sites for hydroxylation is 2. The van der Waals surface area contributed by atoms with Crippen LogP contribution < -0.4 is 10.2 Å². The molecule has 0 bridgehead atoms. The van der Waals surface area contributed by atoms with Crippen LogP contribution in [0.3, 0.4) is 0 Å². The molecule has 0 saturated heterocycles. The van der Waals surface area contributed by atoms with E-state index in [9.17, 15) is 0 Å². The summed E-state index contributed by atoms with van der Waals surface area (Å²) in [6, 6.07) is 12.9. The van der Waals surface area contributed by atoms with Crippen LogP contribution in [0.1, 0.15) is 30.8 Å². The zero-order valence-corrected chi connectivity index (χ0v) is 13.5. The van der Waals surface area contributed by atoms with E-state index < -0.39 is 0 Å². The van der Waals surface area contributed by atoms with Crippen molar-refractivity contribution < 1.29 is 0 Å². The monoisotopic (exact) mass is 283 g/mol. The molecule has 3 heteroatoms. The zero-order chi connectivity index (χ0) is 15.2. The molecular weight excluding hydrogens is 258 g/mol. The molecule has 0 aliphatic rings. The number of nitrogens with one attached hydrogen (secondary N) is 1. The molecule has 2 aromatic rings. The lowest BCUT2D eigenvalue weighted by atomic mass is 10.2. The fraction of sp³-hybridized carbons (Fsp3) is 0.389. The average Bonchev–Trinajstić information content (AvgIpc) is 2.49. The summed E-state index contributed by atoms with van der Waals surface area (Å²) in [4.78, 5) is 6.83. The minimum atomic E-state index is 0.824. The van der Waals surface area contributed by atoms with E-state index in [1.165, 1.54) is 11.3 Å². The van der Waals surface area contributed by atoms with Gasteiger partial charge >= 0.3 is 0 Å². The smallest absolute Gasteiger partial charge is 0.0606 e. The lowest BCUT2D eigenvalue weighted by Gasteiger charge is -2.21. The Hall–Kier alpha value is -2.03. The third kappa shape index (κ3) is 3.97. The molecule has 3 nitrogen and oxygen atoms in total. The molecule has 0 radical (unpaired) electrons. The van der Waals surface area contributed by atoms with Crippen molar-refractivity contribution in [3.05, 3.63) is 53.3 Å². The summed E-state index contributed by atoms with van der Waals surface area (Å²) in [6.45, 7) is 11.3. The van der Waals surface area contributed by atoms with E-state index in [4.69, 9.17) is 0 Å². The maximum Gasteiger partial charge on any atom is 0.0606 e. The lowest BCUT2D eigenvalue weighted by Crippen LogP contribution is -2.21. The fourth-order valence-electron chi connectivity index (χ4n) is 2.48. The molecule has 0 aliphatic heterocycles. The Labute approximate surface area is 128 Å². The van der Waals surface area contributed by atoms with Gasteiger partial charge in [-0.1, -0.05) is 12.1 Å². The van der Waals surface area contributed by atoms with Crippen LogP contribution in [0, 0.1) is 13.8 Å².